The molecular weight excluding hydrogens is 429 g/mol. The van der Waals surface area contributed by atoms with Gasteiger partial charge in [-0.15, -0.1) is 0 Å². The van der Waals surface area contributed by atoms with Gasteiger partial charge in [0, 0.05) is 31.8 Å². The van der Waals surface area contributed by atoms with E-state index in [1.165, 1.54) is 6.33 Å². The van der Waals surface area contributed by atoms with E-state index in [-0.39, 0.29) is 5.56 Å². The van der Waals surface area contributed by atoms with Crippen LogP contribution in [-0.2, 0) is 6.54 Å². The van der Waals surface area contributed by atoms with Gasteiger partial charge < -0.3 is 4.90 Å². The molecule has 2 fully saturated rings. The van der Waals surface area contributed by atoms with Crippen LogP contribution in [0.15, 0.2) is 18.5 Å². The highest BCUT2D eigenvalue weighted by Crippen LogP contribution is 2.39. The van der Waals surface area contributed by atoms with Crippen LogP contribution in [0.2, 0.25) is 0 Å². The molecule has 2 aromatic heterocycles. The molecule has 0 amide bonds. The van der Waals surface area contributed by atoms with E-state index in [0.717, 1.165) is 64.0 Å². The molecule has 1 aromatic carbocycles. The number of aromatic nitrogens is 4. The number of halogens is 3. The number of fused-ring (bicyclic) bond motifs is 1. The molecule has 9 heteroatoms. The predicted octanol–water partition coefficient (Wildman–Crippen LogP) is 4.68. The highest BCUT2D eigenvalue weighted by Gasteiger charge is 2.30. The van der Waals surface area contributed by atoms with Crippen molar-refractivity contribution >= 4 is 11.6 Å². The molecule has 2 saturated heterocycles. The van der Waals surface area contributed by atoms with Crippen molar-refractivity contribution in [2.75, 3.05) is 31.1 Å². The third-order valence-corrected chi connectivity index (χ3v) is 7.09. The van der Waals surface area contributed by atoms with Crippen LogP contribution < -0.4 is 4.90 Å². The van der Waals surface area contributed by atoms with Crippen LogP contribution >= 0.6 is 0 Å². The molecule has 3 aromatic rings. The van der Waals surface area contributed by atoms with Crippen molar-refractivity contribution in [3.63, 3.8) is 0 Å². The summed E-state index contributed by atoms with van der Waals surface area (Å²) in [5, 5.41) is 4.34. The van der Waals surface area contributed by atoms with Crippen molar-refractivity contribution in [3.05, 3.63) is 41.6 Å². The molecule has 0 atom stereocenters. The van der Waals surface area contributed by atoms with Crippen LogP contribution in [0.4, 0.5) is 19.0 Å². The van der Waals surface area contributed by atoms with Crippen molar-refractivity contribution < 1.29 is 13.2 Å². The van der Waals surface area contributed by atoms with Gasteiger partial charge in [-0.25, -0.2) is 13.2 Å². The first kappa shape index (κ1) is 22.1. The second-order valence-electron chi connectivity index (χ2n) is 9.60. The van der Waals surface area contributed by atoms with E-state index in [4.69, 9.17) is 4.98 Å². The van der Waals surface area contributed by atoms with Gasteiger partial charge in [0.1, 0.15) is 29.6 Å². The predicted molar refractivity (Wildman–Crippen MR) is 120 cm³/mol. The molecule has 0 spiro atoms. The fourth-order valence-electron chi connectivity index (χ4n) is 4.95. The normalized spacial score (nSPS) is 19.0. The average molecular weight is 459 g/mol. The minimum atomic E-state index is -0.941. The second-order valence-corrected chi connectivity index (χ2v) is 9.60. The molecule has 0 unspecified atom stereocenters. The zero-order valence-electron chi connectivity index (χ0n) is 19.1. The van der Waals surface area contributed by atoms with Gasteiger partial charge in [-0.3, -0.25) is 4.90 Å². The molecule has 33 heavy (non-hydrogen) atoms. The van der Waals surface area contributed by atoms with Crippen molar-refractivity contribution in [2.24, 2.45) is 11.8 Å². The van der Waals surface area contributed by atoms with E-state index < -0.39 is 17.5 Å². The first-order valence-corrected chi connectivity index (χ1v) is 11.8. The Hall–Kier alpha value is -2.68. The van der Waals surface area contributed by atoms with Gasteiger partial charge in [-0.2, -0.15) is 19.6 Å². The Morgan fingerprint density at radius 3 is 2.12 bits per heavy atom. The summed E-state index contributed by atoms with van der Waals surface area (Å²) in [6.45, 7) is 8.15. The molecule has 2 aliphatic heterocycles. The Labute approximate surface area is 191 Å². The lowest BCUT2D eigenvalue weighted by molar-refractivity contribution is 0.182. The number of piperidine rings is 2. The topological polar surface area (TPSA) is 49.6 Å². The van der Waals surface area contributed by atoms with E-state index >= 15 is 8.78 Å². The zero-order valence-corrected chi connectivity index (χ0v) is 19.1. The van der Waals surface area contributed by atoms with Gasteiger partial charge in [-0.05, 0) is 50.6 Å². The zero-order chi connectivity index (χ0) is 23.1. The standard InChI is InChI=1S/C24H29F3N6/c1-15-3-7-31(8-4-15)13-20-22(21-18(26)11-17(25)12-19(21)27)23(30-24-28-14-29-33(20)24)32-9-5-16(2)6-10-32/h11-12,14-16H,3-10,13H2,1-2H3. The SMILES string of the molecule is CC1CCN(Cc2c(-c3c(F)cc(F)cc3F)c(N3CCC(C)CC3)nc3ncnn23)CC1. The number of hydrogen-bond donors (Lipinski definition) is 0. The van der Waals surface area contributed by atoms with Crippen LogP contribution in [0.25, 0.3) is 16.9 Å². The molecule has 176 valence electrons. The summed E-state index contributed by atoms with van der Waals surface area (Å²) >= 11 is 0. The minimum Gasteiger partial charge on any atom is -0.356 e. The van der Waals surface area contributed by atoms with Crippen LogP contribution in [0.5, 0.6) is 0 Å². The summed E-state index contributed by atoms with van der Waals surface area (Å²) in [4.78, 5) is 13.4. The molecule has 0 saturated carbocycles. The minimum absolute atomic E-state index is 0.254. The number of rotatable bonds is 4. The lowest BCUT2D eigenvalue weighted by atomic mass is 9.96. The average Bonchev–Trinajstić information content (AvgIpc) is 3.25. The summed E-state index contributed by atoms with van der Waals surface area (Å²) in [5.41, 5.74) is 0.719. The van der Waals surface area contributed by atoms with E-state index in [2.05, 4.69) is 33.7 Å². The fraction of sp³-hybridized carbons (Fsp3) is 0.542. The molecule has 0 N–H and O–H groups in total. The van der Waals surface area contributed by atoms with Crippen LogP contribution in [-0.4, -0.2) is 50.7 Å². The summed E-state index contributed by atoms with van der Waals surface area (Å²) in [6, 6.07) is 1.47. The molecule has 4 heterocycles. The summed E-state index contributed by atoms with van der Waals surface area (Å²) in [7, 11) is 0. The Bertz CT molecular complexity index is 1120. The maximum Gasteiger partial charge on any atom is 0.254 e. The largest absolute Gasteiger partial charge is 0.356 e. The maximum atomic E-state index is 15.2. The van der Waals surface area contributed by atoms with E-state index in [1.807, 2.05) is 0 Å². The Morgan fingerprint density at radius 1 is 0.879 bits per heavy atom. The smallest absolute Gasteiger partial charge is 0.254 e. The molecule has 0 bridgehead atoms. The van der Waals surface area contributed by atoms with Crippen LogP contribution in [0.1, 0.15) is 45.2 Å². The number of likely N-dealkylation sites (tertiary alicyclic amines) is 1. The van der Waals surface area contributed by atoms with Gasteiger partial charge in [0.15, 0.2) is 0 Å². The molecule has 2 aliphatic rings. The van der Waals surface area contributed by atoms with Crippen molar-refractivity contribution in [3.8, 4) is 11.1 Å². The Balaban J connectivity index is 1.71. The number of benzene rings is 1. The quantitative estimate of drug-likeness (QED) is 0.568. The van der Waals surface area contributed by atoms with Gasteiger partial charge in [0.05, 0.1) is 16.8 Å². The van der Waals surface area contributed by atoms with Crippen LogP contribution in [0, 0.1) is 29.3 Å². The third-order valence-electron chi connectivity index (χ3n) is 7.09. The highest BCUT2D eigenvalue weighted by molar-refractivity contribution is 5.80. The lowest BCUT2D eigenvalue weighted by Crippen LogP contribution is -2.36. The Kier molecular flexibility index (Phi) is 5.99. The van der Waals surface area contributed by atoms with Gasteiger partial charge in [0.2, 0.25) is 0 Å². The molecule has 6 nitrogen and oxygen atoms in total. The third kappa shape index (κ3) is 4.30. The summed E-state index contributed by atoms with van der Waals surface area (Å²) in [6.07, 6.45) is 5.47. The summed E-state index contributed by atoms with van der Waals surface area (Å²) in [5.74, 6) is -0.688. The monoisotopic (exact) mass is 458 g/mol. The van der Waals surface area contributed by atoms with Crippen molar-refractivity contribution in [1.82, 2.24) is 24.5 Å². The fourth-order valence-corrected chi connectivity index (χ4v) is 4.95. The van der Waals surface area contributed by atoms with E-state index in [1.54, 1.807) is 4.52 Å². The molecular formula is C24H29F3N6. The molecule has 0 radical (unpaired) electrons. The van der Waals surface area contributed by atoms with Crippen molar-refractivity contribution in [2.45, 2.75) is 46.1 Å². The first-order chi connectivity index (χ1) is 15.9. The molecule has 5 rings (SSSR count). The first-order valence-electron chi connectivity index (χ1n) is 11.8. The second kappa shape index (κ2) is 8.93. The number of hydrogen-bond acceptors (Lipinski definition) is 5. The van der Waals surface area contributed by atoms with Crippen LogP contribution in [0.3, 0.4) is 0 Å². The lowest BCUT2D eigenvalue weighted by Gasteiger charge is -2.34. The number of nitrogens with zero attached hydrogens (tertiary/aromatic N) is 6. The number of anilines is 1. The van der Waals surface area contributed by atoms with E-state index in [9.17, 15) is 4.39 Å². The van der Waals surface area contributed by atoms with Gasteiger partial charge in [0.25, 0.3) is 5.78 Å². The van der Waals surface area contributed by atoms with Gasteiger partial charge in [-0.1, -0.05) is 13.8 Å². The highest BCUT2D eigenvalue weighted by atomic mass is 19.1. The maximum absolute atomic E-state index is 15.2. The Morgan fingerprint density at radius 2 is 1.48 bits per heavy atom. The van der Waals surface area contributed by atoms with E-state index in [0.29, 0.717) is 41.2 Å². The van der Waals surface area contributed by atoms with Gasteiger partial charge >= 0.3 is 0 Å². The van der Waals surface area contributed by atoms with Crippen molar-refractivity contribution in [1.29, 1.82) is 0 Å². The molecule has 0 aliphatic carbocycles. The summed E-state index contributed by atoms with van der Waals surface area (Å²) < 4.78 is 45.7.